The van der Waals surface area contributed by atoms with Gasteiger partial charge in [-0.3, -0.25) is 4.90 Å². The molecule has 1 aliphatic heterocycles. The first-order chi connectivity index (χ1) is 12.1. The maximum absolute atomic E-state index is 14.5. The lowest BCUT2D eigenvalue weighted by Gasteiger charge is -2.16. The molecule has 1 fully saturated rings. The third-order valence-electron chi connectivity index (χ3n) is 4.40. The van der Waals surface area contributed by atoms with Crippen molar-refractivity contribution in [2.24, 2.45) is 11.7 Å². The molecule has 5 nitrogen and oxygen atoms in total. The smallest absolute Gasteiger partial charge is 0.409 e. The Morgan fingerprint density at radius 3 is 2.68 bits per heavy atom. The average Bonchev–Trinajstić information content (AvgIpc) is 2.98. The number of nitrogens with two attached hydrogens (primary N) is 1. The van der Waals surface area contributed by atoms with Crippen molar-refractivity contribution in [1.29, 1.82) is 5.26 Å². The first-order valence-corrected chi connectivity index (χ1v) is 7.99. The van der Waals surface area contributed by atoms with Crippen LogP contribution in [0.2, 0.25) is 0 Å². The number of halogens is 1. The molecule has 3 rings (SSSR count). The van der Waals surface area contributed by atoms with Crippen LogP contribution in [0.25, 0.3) is 0 Å². The number of nitriles is 1. The van der Waals surface area contributed by atoms with Crippen molar-refractivity contribution in [2.45, 2.75) is 12.5 Å². The zero-order valence-corrected chi connectivity index (χ0v) is 13.6. The molecule has 0 aliphatic carbocycles. The molecule has 6 heteroatoms. The van der Waals surface area contributed by atoms with Crippen molar-refractivity contribution in [3.63, 3.8) is 0 Å². The maximum atomic E-state index is 14.5. The lowest BCUT2D eigenvalue weighted by molar-refractivity contribution is 0.210. The Kier molecular flexibility index (Phi) is 4.96. The fourth-order valence-electron chi connectivity index (χ4n) is 3.29. The third-order valence-corrected chi connectivity index (χ3v) is 4.40. The van der Waals surface area contributed by atoms with Gasteiger partial charge in [0.25, 0.3) is 0 Å². The predicted octanol–water partition coefficient (Wildman–Crippen LogP) is 3.02. The molecule has 0 spiro atoms. The van der Waals surface area contributed by atoms with Crippen molar-refractivity contribution in [1.82, 2.24) is 4.90 Å². The number of benzene rings is 2. The standard InChI is InChI=1S/C19H18FN3O2/c20-18-8-15(25-19(22)24)6-7-16(18)17-12-23(11-14(17)9-21)10-13-4-2-1-3-5-13/h1-8,14,17H,10-12H2,(H2,22,24). The molecule has 1 aliphatic rings. The van der Waals surface area contributed by atoms with Crippen LogP contribution in [0.15, 0.2) is 48.5 Å². The van der Waals surface area contributed by atoms with E-state index in [1.807, 2.05) is 30.3 Å². The Bertz CT molecular complexity index is 804. The number of hydrogen-bond acceptors (Lipinski definition) is 4. The first kappa shape index (κ1) is 16.9. The van der Waals surface area contributed by atoms with Crippen LogP contribution in [0.5, 0.6) is 5.75 Å². The number of amides is 1. The highest BCUT2D eigenvalue weighted by Crippen LogP contribution is 2.35. The number of carbonyl (C=O) groups is 1. The number of nitrogens with zero attached hydrogens (tertiary/aromatic N) is 2. The normalized spacial score (nSPS) is 20.2. The molecule has 2 N–H and O–H groups in total. The molecule has 1 amide bonds. The maximum Gasteiger partial charge on any atom is 0.409 e. The molecule has 0 bridgehead atoms. The summed E-state index contributed by atoms with van der Waals surface area (Å²) in [5, 5.41) is 9.46. The van der Waals surface area contributed by atoms with Crippen LogP contribution in [-0.4, -0.2) is 24.1 Å². The van der Waals surface area contributed by atoms with E-state index in [2.05, 4.69) is 15.7 Å². The molecule has 2 unspecified atom stereocenters. The van der Waals surface area contributed by atoms with E-state index in [0.717, 1.165) is 18.2 Å². The second-order valence-corrected chi connectivity index (χ2v) is 6.13. The van der Waals surface area contributed by atoms with Crippen LogP contribution in [0.3, 0.4) is 0 Å². The van der Waals surface area contributed by atoms with Gasteiger partial charge in [-0.05, 0) is 17.2 Å². The lowest BCUT2D eigenvalue weighted by Crippen LogP contribution is -2.20. The summed E-state index contributed by atoms with van der Waals surface area (Å²) < 4.78 is 19.1. The highest BCUT2D eigenvalue weighted by Gasteiger charge is 2.35. The van der Waals surface area contributed by atoms with Crippen molar-refractivity contribution in [3.8, 4) is 11.8 Å². The molecule has 128 valence electrons. The summed E-state index contributed by atoms with van der Waals surface area (Å²) in [6.07, 6.45) is -0.989. The quantitative estimate of drug-likeness (QED) is 0.928. The summed E-state index contributed by atoms with van der Waals surface area (Å²) in [6, 6.07) is 16.5. The number of primary amides is 1. The minimum Gasteiger partial charge on any atom is -0.410 e. The van der Waals surface area contributed by atoms with E-state index in [-0.39, 0.29) is 17.6 Å². The molecular formula is C19H18FN3O2. The first-order valence-electron chi connectivity index (χ1n) is 7.99. The zero-order valence-electron chi connectivity index (χ0n) is 13.6. The van der Waals surface area contributed by atoms with Gasteiger partial charge in [-0.2, -0.15) is 5.26 Å². The number of hydrogen-bond donors (Lipinski definition) is 1. The molecule has 0 aromatic heterocycles. The summed E-state index contributed by atoms with van der Waals surface area (Å²) in [5.41, 5.74) is 6.55. The molecule has 25 heavy (non-hydrogen) atoms. The van der Waals surface area contributed by atoms with Gasteiger partial charge in [0.1, 0.15) is 11.6 Å². The van der Waals surface area contributed by atoms with Gasteiger partial charge in [-0.15, -0.1) is 0 Å². The lowest BCUT2D eigenvalue weighted by atomic mass is 9.89. The Hall–Kier alpha value is -2.91. The van der Waals surface area contributed by atoms with Crippen LogP contribution in [0.4, 0.5) is 9.18 Å². The van der Waals surface area contributed by atoms with Crippen LogP contribution >= 0.6 is 0 Å². The highest BCUT2D eigenvalue weighted by atomic mass is 19.1. The summed E-state index contributed by atoms with van der Waals surface area (Å²) in [4.78, 5) is 12.9. The highest BCUT2D eigenvalue weighted by molar-refractivity contribution is 5.68. The van der Waals surface area contributed by atoms with E-state index in [1.54, 1.807) is 6.07 Å². The van der Waals surface area contributed by atoms with Crippen LogP contribution in [0, 0.1) is 23.1 Å². The van der Waals surface area contributed by atoms with Gasteiger partial charge < -0.3 is 10.5 Å². The number of likely N-dealkylation sites (tertiary alicyclic amines) is 1. The molecular weight excluding hydrogens is 321 g/mol. The van der Waals surface area contributed by atoms with Gasteiger partial charge in [0.2, 0.25) is 0 Å². The van der Waals surface area contributed by atoms with E-state index in [9.17, 15) is 14.4 Å². The molecule has 2 aromatic carbocycles. The van der Waals surface area contributed by atoms with E-state index in [4.69, 9.17) is 5.73 Å². The van der Waals surface area contributed by atoms with Gasteiger partial charge >= 0.3 is 6.09 Å². The van der Waals surface area contributed by atoms with E-state index < -0.39 is 11.9 Å². The average molecular weight is 339 g/mol. The Morgan fingerprint density at radius 1 is 1.28 bits per heavy atom. The van der Waals surface area contributed by atoms with Crippen LogP contribution in [-0.2, 0) is 6.54 Å². The van der Waals surface area contributed by atoms with E-state index in [0.29, 0.717) is 18.7 Å². The number of rotatable bonds is 4. The molecule has 2 aromatic rings. The summed E-state index contributed by atoms with van der Waals surface area (Å²) >= 11 is 0. The summed E-state index contributed by atoms with van der Waals surface area (Å²) in [6.45, 7) is 1.91. The Balaban J connectivity index is 1.77. The van der Waals surface area contributed by atoms with Gasteiger partial charge in [0, 0.05) is 31.6 Å². The van der Waals surface area contributed by atoms with Crippen molar-refractivity contribution >= 4 is 6.09 Å². The Labute approximate surface area is 145 Å². The van der Waals surface area contributed by atoms with Gasteiger partial charge in [-0.1, -0.05) is 36.4 Å². The largest absolute Gasteiger partial charge is 0.410 e. The second-order valence-electron chi connectivity index (χ2n) is 6.13. The zero-order chi connectivity index (χ0) is 17.8. The van der Waals surface area contributed by atoms with Gasteiger partial charge in [-0.25, -0.2) is 9.18 Å². The molecule has 0 saturated carbocycles. The van der Waals surface area contributed by atoms with E-state index in [1.165, 1.54) is 6.07 Å². The van der Waals surface area contributed by atoms with Gasteiger partial charge in [0.05, 0.1) is 12.0 Å². The minimum atomic E-state index is -0.989. The van der Waals surface area contributed by atoms with Crippen molar-refractivity contribution in [3.05, 3.63) is 65.5 Å². The topological polar surface area (TPSA) is 79.3 Å². The fraction of sp³-hybridized carbons (Fsp3) is 0.263. The van der Waals surface area contributed by atoms with Crippen molar-refractivity contribution < 1.29 is 13.9 Å². The minimum absolute atomic E-state index is 0.0568. The van der Waals surface area contributed by atoms with Crippen LogP contribution in [0.1, 0.15) is 17.0 Å². The molecule has 2 atom stereocenters. The SMILES string of the molecule is N#CC1CN(Cc2ccccc2)CC1c1ccc(OC(N)=O)cc1F. The second kappa shape index (κ2) is 7.32. The number of carbonyl (C=O) groups excluding carboxylic acids is 1. The third kappa shape index (κ3) is 3.95. The molecule has 1 heterocycles. The number of ether oxygens (including phenoxy) is 1. The van der Waals surface area contributed by atoms with Crippen molar-refractivity contribution in [2.75, 3.05) is 13.1 Å². The predicted molar refractivity (Wildman–Crippen MR) is 90.2 cm³/mol. The molecule has 1 saturated heterocycles. The Morgan fingerprint density at radius 2 is 2.04 bits per heavy atom. The van der Waals surface area contributed by atoms with Crippen LogP contribution < -0.4 is 10.5 Å². The molecule has 0 radical (unpaired) electrons. The summed E-state index contributed by atoms with van der Waals surface area (Å²) in [5.74, 6) is -0.954. The summed E-state index contributed by atoms with van der Waals surface area (Å²) in [7, 11) is 0. The monoisotopic (exact) mass is 339 g/mol. The fourth-order valence-corrected chi connectivity index (χ4v) is 3.29. The van der Waals surface area contributed by atoms with Gasteiger partial charge in [0.15, 0.2) is 0 Å². The van der Waals surface area contributed by atoms with E-state index >= 15 is 0 Å².